The van der Waals surface area contributed by atoms with Crippen LogP contribution in [-0.4, -0.2) is 39.8 Å². The Balaban J connectivity index is 1.88. The summed E-state index contributed by atoms with van der Waals surface area (Å²) in [5, 5.41) is 23.5. The minimum atomic E-state index is -1.48. The number of aliphatic carboxylic acids is 1. The molecule has 0 bridgehead atoms. The second kappa shape index (κ2) is 6.67. The number of hydrogen-bond acceptors (Lipinski definition) is 4. The third-order valence-corrected chi connectivity index (χ3v) is 2.84. The summed E-state index contributed by atoms with van der Waals surface area (Å²) in [5.74, 6) is -1.31. The lowest BCUT2D eigenvalue weighted by Crippen LogP contribution is -2.33. The second-order valence-electron chi connectivity index (χ2n) is 4.44. The van der Waals surface area contributed by atoms with Gasteiger partial charge in [-0.3, -0.25) is 4.98 Å². The number of aliphatic hydroxyl groups is 1. The molecule has 0 fully saturated rings. The van der Waals surface area contributed by atoms with Gasteiger partial charge in [0.05, 0.1) is 17.4 Å². The zero-order chi connectivity index (χ0) is 15.2. The number of para-hydroxylation sites is 1. The number of anilines is 1. The third kappa shape index (κ3) is 4.15. The molecule has 2 aromatic rings. The number of amides is 2. The molecule has 0 aliphatic carbocycles. The van der Waals surface area contributed by atoms with Crippen molar-refractivity contribution in [3.8, 4) is 0 Å². The van der Waals surface area contributed by atoms with Gasteiger partial charge in [-0.2, -0.15) is 0 Å². The molecule has 1 heterocycles. The molecule has 0 radical (unpaired) electrons. The lowest BCUT2D eigenvalue weighted by atomic mass is 10.2. The Bertz CT molecular complexity index is 659. The van der Waals surface area contributed by atoms with Crippen molar-refractivity contribution in [3.05, 3.63) is 36.5 Å². The van der Waals surface area contributed by atoms with E-state index in [2.05, 4.69) is 15.6 Å². The van der Waals surface area contributed by atoms with E-state index in [1.807, 2.05) is 24.3 Å². The van der Waals surface area contributed by atoms with Crippen LogP contribution in [0, 0.1) is 0 Å². The average molecular weight is 289 g/mol. The van der Waals surface area contributed by atoms with E-state index in [4.69, 9.17) is 10.2 Å². The van der Waals surface area contributed by atoms with Gasteiger partial charge in [-0.05, 0) is 12.1 Å². The van der Waals surface area contributed by atoms with E-state index in [9.17, 15) is 9.59 Å². The van der Waals surface area contributed by atoms with E-state index in [0.29, 0.717) is 5.69 Å². The van der Waals surface area contributed by atoms with Crippen molar-refractivity contribution < 1.29 is 19.8 Å². The van der Waals surface area contributed by atoms with E-state index in [-0.39, 0.29) is 13.0 Å². The normalized spacial score (nSPS) is 11.9. The molecule has 0 aliphatic heterocycles. The van der Waals surface area contributed by atoms with Crippen molar-refractivity contribution in [1.82, 2.24) is 10.3 Å². The third-order valence-electron chi connectivity index (χ3n) is 2.84. The van der Waals surface area contributed by atoms with Crippen molar-refractivity contribution in [2.75, 3.05) is 11.9 Å². The fourth-order valence-corrected chi connectivity index (χ4v) is 1.76. The van der Waals surface area contributed by atoms with Gasteiger partial charge >= 0.3 is 12.0 Å². The van der Waals surface area contributed by atoms with Crippen LogP contribution in [0.1, 0.15) is 6.42 Å². The molecule has 1 aromatic heterocycles. The van der Waals surface area contributed by atoms with Crippen LogP contribution < -0.4 is 10.6 Å². The first-order chi connectivity index (χ1) is 10.1. The molecule has 2 amide bonds. The topological polar surface area (TPSA) is 112 Å². The Hall–Kier alpha value is -2.67. The molecule has 1 atom stereocenters. The molecule has 1 aromatic carbocycles. The lowest BCUT2D eigenvalue weighted by Gasteiger charge is -2.09. The van der Waals surface area contributed by atoms with Gasteiger partial charge < -0.3 is 20.8 Å². The summed E-state index contributed by atoms with van der Waals surface area (Å²) in [5.41, 5.74) is 1.36. The van der Waals surface area contributed by atoms with Gasteiger partial charge in [0.25, 0.3) is 0 Å². The van der Waals surface area contributed by atoms with Gasteiger partial charge in [0.2, 0.25) is 0 Å². The van der Waals surface area contributed by atoms with Gasteiger partial charge in [0, 0.05) is 18.4 Å². The number of nitrogens with zero attached hydrogens (tertiary/aromatic N) is 1. The Morgan fingerprint density at radius 1 is 1.29 bits per heavy atom. The molecule has 7 heteroatoms. The number of carboxylic acid groups (broad SMARTS) is 1. The summed E-state index contributed by atoms with van der Waals surface area (Å²) in [7, 11) is 0. The molecule has 0 saturated carbocycles. The maximum atomic E-state index is 11.6. The molecule has 7 nitrogen and oxygen atoms in total. The van der Waals surface area contributed by atoms with Crippen molar-refractivity contribution in [1.29, 1.82) is 0 Å². The predicted molar refractivity (Wildman–Crippen MR) is 77.0 cm³/mol. The first-order valence-electron chi connectivity index (χ1n) is 6.37. The van der Waals surface area contributed by atoms with E-state index >= 15 is 0 Å². The summed E-state index contributed by atoms with van der Waals surface area (Å²) in [6, 6.07) is 8.81. The molecule has 0 saturated heterocycles. The van der Waals surface area contributed by atoms with E-state index < -0.39 is 18.1 Å². The fraction of sp³-hybridized carbons (Fsp3) is 0.214. The quantitative estimate of drug-likeness (QED) is 0.660. The molecule has 2 rings (SSSR count). The van der Waals surface area contributed by atoms with Gasteiger partial charge in [-0.25, -0.2) is 9.59 Å². The van der Waals surface area contributed by atoms with Crippen molar-refractivity contribution in [3.63, 3.8) is 0 Å². The molecule has 110 valence electrons. The number of hydrogen-bond donors (Lipinski definition) is 4. The monoisotopic (exact) mass is 289 g/mol. The lowest BCUT2D eigenvalue weighted by molar-refractivity contribution is -0.146. The van der Waals surface area contributed by atoms with Crippen LogP contribution in [-0.2, 0) is 4.79 Å². The molecular formula is C14H15N3O4. The SMILES string of the molecule is O=C(NCCC(O)C(=O)O)Nc1cnc2ccccc2c1. The van der Waals surface area contributed by atoms with Crippen molar-refractivity contribution in [2.45, 2.75) is 12.5 Å². The molecule has 1 unspecified atom stereocenters. The maximum Gasteiger partial charge on any atom is 0.332 e. The fourth-order valence-electron chi connectivity index (χ4n) is 1.76. The Labute approximate surface area is 120 Å². The number of fused-ring (bicyclic) bond motifs is 1. The first-order valence-corrected chi connectivity index (χ1v) is 6.37. The maximum absolute atomic E-state index is 11.6. The van der Waals surface area contributed by atoms with Gasteiger partial charge in [-0.15, -0.1) is 0 Å². The number of carbonyl (C=O) groups excluding carboxylic acids is 1. The first kappa shape index (κ1) is 14.7. The average Bonchev–Trinajstić information content (AvgIpc) is 2.46. The minimum absolute atomic E-state index is 0.0559. The highest BCUT2D eigenvalue weighted by atomic mass is 16.4. The van der Waals surface area contributed by atoms with Gasteiger partial charge in [0.1, 0.15) is 0 Å². The van der Waals surface area contributed by atoms with Crippen LogP contribution in [0.5, 0.6) is 0 Å². The number of carboxylic acids is 1. The Morgan fingerprint density at radius 3 is 2.81 bits per heavy atom. The highest BCUT2D eigenvalue weighted by Gasteiger charge is 2.12. The number of rotatable bonds is 5. The molecule has 0 aliphatic rings. The Kier molecular flexibility index (Phi) is 4.68. The highest BCUT2D eigenvalue weighted by Crippen LogP contribution is 2.15. The van der Waals surface area contributed by atoms with E-state index in [1.165, 1.54) is 6.20 Å². The minimum Gasteiger partial charge on any atom is -0.479 e. The van der Waals surface area contributed by atoms with Crippen LogP contribution >= 0.6 is 0 Å². The zero-order valence-electron chi connectivity index (χ0n) is 11.1. The number of aliphatic hydroxyl groups excluding tert-OH is 1. The molecule has 21 heavy (non-hydrogen) atoms. The van der Waals surface area contributed by atoms with Gasteiger partial charge in [0.15, 0.2) is 6.10 Å². The Morgan fingerprint density at radius 2 is 2.05 bits per heavy atom. The molecule has 4 N–H and O–H groups in total. The standard InChI is InChI=1S/C14H15N3O4/c18-12(13(19)20)5-6-15-14(21)17-10-7-9-3-1-2-4-11(9)16-8-10/h1-4,7-8,12,18H,5-6H2,(H,19,20)(H2,15,17,21). The summed E-state index contributed by atoms with van der Waals surface area (Å²) >= 11 is 0. The summed E-state index contributed by atoms with van der Waals surface area (Å²) in [6.45, 7) is 0.0559. The largest absolute Gasteiger partial charge is 0.479 e. The van der Waals surface area contributed by atoms with Crippen molar-refractivity contribution in [2.24, 2.45) is 0 Å². The molecule has 0 spiro atoms. The molecular weight excluding hydrogens is 274 g/mol. The number of aromatic nitrogens is 1. The smallest absolute Gasteiger partial charge is 0.332 e. The van der Waals surface area contributed by atoms with Crippen molar-refractivity contribution >= 4 is 28.6 Å². The second-order valence-corrected chi connectivity index (χ2v) is 4.44. The van der Waals surface area contributed by atoms with Crippen LogP contribution in [0.2, 0.25) is 0 Å². The number of urea groups is 1. The van der Waals surface area contributed by atoms with E-state index in [0.717, 1.165) is 10.9 Å². The summed E-state index contributed by atoms with van der Waals surface area (Å²) in [4.78, 5) is 26.2. The van der Waals surface area contributed by atoms with Gasteiger partial charge in [-0.1, -0.05) is 18.2 Å². The van der Waals surface area contributed by atoms with Crippen LogP contribution in [0.25, 0.3) is 10.9 Å². The number of nitrogens with one attached hydrogen (secondary N) is 2. The summed E-state index contributed by atoms with van der Waals surface area (Å²) < 4.78 is 0. The number of pyridine rings is 1. The van der Waals surface area contributed by atoms with Crippen LogP contribution in [0.4, 0.5) is 10.5 Å². The zero-order valence-corrected chi connectivity index (χ0v) is 11.1. The number of carbonyl (C=O) groups is 2. The van der Waals surface area contributed by atoms with E-state index in [1.54, 1.807) is 6.07 Å². The predicted octanol–water partition coefficient (Wildman–Crippen LogP) is 1.19. The van der Waals surface area contributed by atoms with Crippen LogP contribution in [0.15, 0.2) is 36.5 Å². The number of benzene rings is 1. The summed E-state index contributed by atoms with van der Waals surface area (Å²) in [6.07, 6.45) is -0.000139. The van der Waals surface area contributed by atoms with Crippen LogP contribution in [0.3, 0.4) is 0 Å². The highest BCUT2D eigenvalue weighted by molar-refractivity contribution is 5.91.